The molecular weight excluding hydrogens is 168 g/mol. The van der Waals surface area contributed by atoms with Crippen LogP contribution in [-0.4, -0.2) is 6.54 Å². The SMILES string of the molecule is [N-]=[N+]=NCC#Cc1ccc[n+]([O-])c1. The molecule has 5 nitrogen and oxygen atoms in total. The van der Waals surface area contributed by atoms with Gasteiger partial charge in [0.05, 0.1) is 12.1 Å². The Hall–Kier alpha value is -2.18. The smallest absolute Gasteiger partial charge is 0.195 e. The van der Waals surface area contributed by atoms with Crippen molar-refractivity contribution in [1.82, 2.24) is 0 Å². The van der Waals surface area contributed by atoms with Gasteiger partial charge in [-0.2, -0.15) is 4.73 Å². The number of aromatic nitrogens is 1. The standard InChI is InChI=1S/C8H6N4O/c9-11-10-5-1-3-8-4-2-6-12(13)7-8/h2,4,6-7H,5H2. The average Bonchev–Trinajstić information content (AvgIpc) is 2.13. The number of hydrogen-bond acceptors (Lipinski definition) is 2. The van der Waals surface area contributed by atoms with Crippen LogP contribution in [0.3, 0.4) is 0 Å². The number of azide groups is 1. The third kappa shape index (κ3) is 3.14. The van der Waals surface area contributed by atoms with E-state index in [4.69, 9.17) is 5.53 Å². The van der Waals surface area contributed by atoms with Crippen LogP contribution >= 0.6 is 0 Å². The highest BCUT2D eigenvalue weighted by atomic mass is 16.5. The summed E-state index contributed by atoms with van der Waals surface area (Å²) in [5.74, 6) is 5.29. The molecule has 0 aliphatic carbocycles. The molecule has 0 atom stereocenters. The lowest BCUT2D eigenvalue weighted by molar-refractivity contribution is -0.605. The molecule has 0 spiro atoms. The Labute approximate surface area is 74.8 Å². The van der Waals surface area contributed by atoms with Crippen LogP contribution in [0.15, 0.2) is 29.6 Å². The van der Waals surface area contributed by atoms with Crippen molar-refractivity contribution in [3.8, 4) is 11.8 Å². The second-order valence-corrected chi connectivity index (χ2v) is 2.14. The van der Waals surface area contributed by atoms with Crippen LogP contribution < -0.4 is 4.73 Å². The zero-order valence-corrected chi connectivity index (χ0v) is 6.71. The van der Waals surface area contributed by atoms with Crippen molar-refractivity contribution in [2.24, 2.45) is 5.11 Å². The van der Waals surface area contributed by atoms with E-state index < -0.39 is 0 Å². The molecule has 13 heavy (non-hydrogen) atoms. The van der Waals surface area contributed by atoms with Crippen molar-refractivity contribution in [1.29, 1.82) is 0 Å². The van der Waals surface area contributed by atoms with Crippen molar-refractivity contribution in [3.05, 3.63) is 45.7 Å². The van der Waals surface area contributed by atoms with Gasteiger partial charge >= 0.3 is 0 Å². The van der Waals surface area contributed by atoms with Gasteiger partial charge in [0.15, 0.2) is 12.4 Å². The van der Waals surface area contributed by atoms with E-state index in [0.717, 1.165) is 0 Å². The van der Waals surface area contributed by atoms with Gasteiger partial charge in [0.25, 0.3) is 0 Å². The fourth-order valence-corrected chi connectivity index (χ4v) is 0.737. The summed E-state index contributed by atoms with van der Waals surface area (Å²) < 4.78 is 0.664. The van der Waals surface area contributed by atoms with Crippen LogP contribution in [0.25, 0.3) is 10.4 Å². The molecule has 0 aromatic carbocycles. The molecule has 0 amide bonds. The first-order valence-corrected chi connectivity index (χ1v) is 3.51. The fourth-order valence-electron chi connectivity index (χ4n) is 0.737. The Bertz CT molecular complexity index is 398. The number of pyridine rings is 1. The third-order valence-electron chi connectivity index (χ3n) is 1.22. The Morgan fingerprint density at radius 2 is 2.54 bits per heavy atom. The van der Waals surface area contributed by atoms with Crippen LogP contribution in [0.1, 0.15) is 5.56 Å². The van der Waals surface area contributed by atoms with Gasteiger partial charge in [0.2, 0.25) is 0 Å². The molecule has 1 aromatic heterocycles. The summed E-state index contributed by atoms with van der Waals surface area (Å²) in [6, 6.07) is 3.31. The highest BCUT2D eigenvalue weighted by molar-refractivity contribution is 5.30. The van der Waals surface area contributed by atoms with Crippen molar-refractivity contribution in [3.63, 3.8) is 0 Å². The normalized spacial score (nSPS) is 8.00. The van der Waals surface area contributed by atoms with Gasteiger partial charge in [-0.1, -0.05) is 17.0 Å². The van der Waals surface area contributed by atoms with Crippen molar-refractivity contribution in [2.45, 2.75) is 0 Å². The summed E-state index contributed by atoms with van der Waals surface area (Å²) in [6.45, 7) is 0.115. The Kier molecular flexibility index (Phi) is 3.19. The fraction of sp³-hybridized carbons (Fsp3) is 0.125. The van der Waals surface area contributed by atoms with Crippen molar-refractivity contribution < 1.29 is 4.73 Å². The molecule has 0 saturated carbocycles. The van der Waals surface area contributed by atoms with E-state index in [9.17, 15) is 5.21 Å². The van der Waals surface area contributed by atoms with Crippen LogP contribution in [0.5, 0.6) is 0 Å². The van der Waals surface area contributed by atoms with Gasteiger partial charge in [-0.3, -0.25) is 0 Å². The minimum Gasteiger partial charge on any atom is -0.619 e. The largest absolute Gasteiger partial charge is 0.619 e. The second kappa shape index (κ2) is 4.65. The maximum Gasteiger partial charge on any atom is 0.195 e. The molecular formula is C8H6N4O. The Morgan fingerprint density at radius 3 is 3.23 bits per heavy atom. The third-order valence-corrected chi connectivity index (χ3v) is 1.22. The predicted molar refractivity (Wildman–Crippen MR) is 46.3 cm³/mol. The van der Waals surface area contributed by atoms with E-state index in [0.29, 0.717) is 10.3 Å². The first-order chi connectivity index (χ1) is 6.33. The summed E-state index contributed by atoms with van der Waals surface area (Å²) in [4.78, 5) is 2.54. The van der Waals surface area contributed by atoms with E-state index >= 15 is 0 Å². The first-order valence-electron chi connectivity index (χ1n) is 3.51. The molecule has 0 N–H and O–H groups in total. The van der Waals surface area contributed by atoms with Gasteiger partial charge in [-0.25, -0.2) is 0 Å². The van der Waals surface area contributed by atoms with Crippen LogP contribution in [-0.2, 0) is 0 Å². The average molecular weight is 174 g/mol. The highest BCUT2D eigenvalue weighted by Gasteiger charge is 1.89. The summed E-state index contributed by atoms with van der Waals surface area (Å²) in [6.07, 6.45) is 2.72. The van der Waals surface area contributed by atoms with Crippen LogP contribution in [0.2, 0.25) is 0 Å². The molecule has 5 heteroatoms. The predicted octanol–water partition coefficient (Wildman–Crippen LogP) is 0.982. The molecule has 0 unspecified atom stereocenters. The van der Waals surface area contributed by atoms with Crippen LogP contribution in [0.4, 0.5) is 0 Å². The van der Waals surface area contributed by atoms with E-state index in [-0.39, 0.29) is 6.54 Å². The second-order valence-electron chi connectivity index (χ2n) is 2.14. The summed E-state index contributed by atoms with van der Waals surface area (Å²) in [7, 11) is 0. The Balaban J connectivity index is 2.71. The molecule has 0 radical (unpaired) electrons. The lowest BCUT2D eigenvalue weighted by Crippen LogP contribution is -2.24. The topological polar surface area (TPSA) is 75.7 Å². The van der Waals surface area contributed by atoms with Crippen molar-refractivity contribution >= 4 is 0 Å². The number of nitrogens with zero attached hydrogens (tertiary/aromatic N) is 4. The zero-order valence-electron chi connectivity index (χ0n) is 6.71. The van der Waals surface area contributed by atoms with Crippen LogP contribution in [0, 0.1) is 17.0 Å². The molecule has 0 aliphatic heterocycles. The van der Waals surface area contributed by atoms with Gasteiger partial charge in [0.1, 0.15) is 0 Å². The summed E-state index contributed by atoms with van der Waals surface area (Å²) in [5, 5.41) is 14.0. The number of rotatable bonds is 1. The molecule has 64 valence electrons. The van der Waals surface area contributed by atoms with Gasteiger partial charge in [-0.05, 0) is 11.6 Å². The van der Waals surface area contributed by atoms with E-state index in [1.54, 1.807) is 12.1 Å². The Morgan fingerprint density at radius 1 is 1.69 bits per heavy atom. The lowest BCUT2D eigenvalue weighted by atomic mass is 10.3. The zero-order chi connectivity index (χ0) is 9.52. The first kappa shape index (κ1) is 8.91. The molecule has 0 aliphatic rings. The van der Waals surface area contributed by atoms with Gasteiger partial charge in [0, 0.05) is 11.0 Å². The number of hydrogen-bond donors (Lipinski definition) is 0. The highest BCUT2D eigenvalue weighted by Crippen LogP contribution is 1.89. The van der Waals surface area contributed by atoms with Crippen molar-refractivity contribution in [2.75, 3.05) is 6.54 Å². The molecule has 0 fully saturated rings. The monoisotopic (exact) mass is 174 g/mol. The lowest BCUT2D eigenvalue weighted by Gasteiger charge is -1.92. The van der Waals surface area contributed by atoms with Gasteiger partial charge in [-0.15, -0.1) is 0 Å². The molecule has 1 rings (SSSR count). The minimum absolute atomic E-state index is 0.115. The molecule has 0 saturated heterocycles. The molecule has 0 bridgehead atoms. The molecule has 1 heterocycles. The summed E-state index contributed by atoms with van der Waals surface area (Å²) >= 11 is 0. The van der Waals surface area contributed by atoms with Gasteiger partial charge < -0.3 is 5.21 Å². The van der Waals surface area contributed by atoms with E-state index in [1.165, 1.54) is 12.4 Å². The quantitative estimate of drug-likeness (QED) is 0.156. The molecule has 1 aromatic rings. The van der Waals surface area contributed by atoms with E-state index in [1.807, 2.05) is 0 Å². The summed E-state index contributed by atoms with van der Waals surface area (Å²) in [5.41, 5.74) is 8.55. The maximum atomic E-state index is 10.7. The minimum atomic E-state index is 0.115. The van der Waals surface area contributed by atoms with E-state index in [2.05, 4.69) is 21.9 Å². The maximum absolute atomic E-state index is 10.7.